The van der Waals surface area contributed by atoms with Gasteiger partial charge in [0.1, 0.15) is 24.2 Å². The minimum Gasteiger partial charge on any atom is -0.497 e. The van der Waals surface area contributed by atoms with Crippen LogP contribution in [-0.4, -0.2) is 42.9 Å². The van der Waals surface area contributed by atoms with Crippen molar-refractivity contribution in [3.05, 3.63) is 23.8 Å². The maximum atomic E-state index is 10.5. The van der Waals surface area contributed by atoms with Gasteiger partial charge in [0.15, 0.2) is 0 Å². The topological polar surface area (TPSA) is 41.9 Å². The summed E-state index contributed by atoms with van der Waals surface area (Å²) in [6, 6.07) is 5.58. The molecule has 0 saturated heterocycles. The van der Waals surface area contributed by atoms with Crippen LogP contribution in [0.3, 0.4) is 0 Å². The summed E-state index contributed by atoms with van der Waals surface area (Å²) in [5.41, 5.74) is 0.817. The van der Waals surface area contributed by atoms with Crippen molar-refractivity contribution < 1.29 is 14.6 Å². The van der Waals surface area contributed by atoms with Gasteiger partial charge in [-0.15, -0.1) is 0 Å². The molecular formula is C14H21NO3. The van der Waals surface area contributed by atoms with Gasteiger partial charge in [0.05, 0.1) is 13.2 Å². The van der Waals surface area contributed by atoms with E-state index in [1.54, 1.807) is 7.11 Å². The van der Waals surface area contributed by atoms with Crippen LogP contribution < -0.4 is 9.47 Å². The molecule has 4 heteroatoms. The SMILES string of the molecule is CCN(CC)C1COc2ccc(OC)cc2C1O. The lowest BCUT2D eigenvalue weighted by Gasteiger charge is -2.37. The van der Waals surface area contributed by atoms with Gasteiger partial charge < -0.3 is 14.6 Å². The Hall–Kier alpha value is -1.26. The van der Waals surface area contributed by atoms with Crippen LogP contribution in [0, 0.1) is 0 Å². The fourth-order valence-electron chi connectivity index (χ4n) is 2.49. The third-order valence-electron chi connectivity index (χ3n) is 3.59. The molecule has 0 fully saturated rings. The van der Waals surface area contributed by atoms with Crippen molar-refractivity contribution in [1.82, 2.24) is 4.90 Å². The fourth-order valence-corrected chi connectivity index (χ4v) is 2.49. The smallest absolute Gasteiger partial charge is 0.125 e. The summed E-state index contributed by atoms with van der Waals surface area (Å²) >= 11 is 0. The van der Waals surface area contributed by atoms with Crippen LogP contribution >= 0.6 is 0 Å². The standard InChI is InChI=1S/C14H21NO3/c1-4-15(5-2)12-9-18-13-7-6-10(17-3)8-11(13)14(12)16/h6-8,12,14,16H,4-5,9H2,1-3H3. The Morgan fingerprint density at radius 2 is 2.11 bits per heavy atom. The highest BCUT2D eigenvalue weighted by Gasteiger charge is 2.32. The molecule has 2 atom stereocenters. The highest BCUT2D eigenvalue weighted by molar-refractivity contribution is 5.43. The van der Waals surface area contributed by atoms with E-state index in [4.69, 9.17) is 9.47 Å². The zero-order valence-electron chi connectivity index (χ0n) is 11.2. The average molecular weight is 251 g/mol. The van der Waals surface area contributed by atoms with Crippen LogP contribution in [0.5, 0.6) is 11.5 Å². The van der Waals surface area contributed by atoms with Gasteiger partial charge in [-0.05, 0) is 31.3 Å². The Morgan fingerprint density at radius 1 is 1.39 bits per heavy atom. The molecule has 1 aromatic carbocycles. The molecule has 0 bridgehead atoms. The van der Waals surface area contributed by atoms with E-state index in [-0.39, 0.29) is 6.04 Å². The highest BCUT2D eigenvalue weighted by Crippen LogP contribution is 2.36. The van der Waals surface area contributed by atoms with E-state index in [1.807, 2.05) is 18.2 Å². The molecule has 0 radical (unpaired) electrons. The molecule has 18 heavy (non-hydrogen) atoms. The van der Waals surface area contributed by atoms with E-state index in [0.717, 1.165) is 30.2 Å². The van der Waals surface area contributed by atoms with Crippen LogP contribution in [-0.2, 0) is 0 Å². The number of methoxy groups -OCH3 is 1. The predicted molar refractivity (Wildman–Crippen MR) is 70.2 cm³/mol. The van der Waals surface area contributed by atoms with Crippen LogP contribution in [0.2, 0.25) is 0 Å². The second-order valence-electron chi connectivity index (χ2n) is 4.45. The first-order valence-corrected chi connectivity index (χ1v) is 6.44. The Balaban J connectivity index is 2.28. The van der Waals surface area contributed by atoms with Gasteiger partial charge in [0.25, 0.3) is 0 Å². The number of aliphatic hydroxyl groups is 1. The summed E-state index contributed by atoms with van der Waals surface area (Å²) in [5.74, 6) is 1.50. The summed E-state index contributed by atoms with van der Waals surface area (Å²) in [6.45, 7) is 6.53. The third-order valence-corrected chi connectivity index (χ3v) is 3.59. The van der Waals surface area contributed by atoms with Gasteiger partial charge in [-0.2, -0.15) is 0 Å². The van der Waals surface area contributed by atoms with Gasteiger partial charge >= 0.3 is 0 Å². The molecule has 0 amide bonds. The van der Waals surface area contributed by atoms with Crippen molar-refractivity contribution in [3.63, 3.8) is 0 Å². The molecule has 0 spiro atoms. The molecule has 1 aromatic rings. The summed E-state index contributed by atoms with van der Waals surface area (Å²) in [6.07, 6.45) is -0.524. The maximum absolute atomic E-state index is 10.5. The zero-order chi connectivity index (χ0) is 13.1. The zero-order valence-corrected chi connectivity index (χ0v) is 11.2. The average Bonchev–Trinajstić information content (AvgIpc) is 2.42. The number of hydrogen-bond acceptors (Lipinski definition) is 4. The van der Waals surface area contributed by atoms with Crippen molar-refractivity contribution in [1.29, 1.82) is 0 Å². The number of benzene rings is 1. The lowest BCUT2D eigenvalue weighted by molar-refractivity contribution is 0.00773. The molecular weight excluding hydrogens is 230 g/mol. The molecule has 0 aromatic heterocycles. The lowest BCUT2D eigenvalue weighted by Crippen LogP contribution is -2.45. The largest absolute Gasteiger partial charge is 0.497 e. The fraction of sp³-hybridized carbons (Fsp3) is 0.571. The monoisotopic (exact) mass is 251 g/mol. The summed E-state index contributed by atoms with van der Waals surface area (Å²) < 4.78 is 10.9. The number of fused-ring (bicyclic) bond motifs is 1. The van der Waals surface area contributed by atoms with E-state index in [9.17, 15) is 5.11 Å². The van der Waals surface area contributed by atoms with Crippen LogP contribution in [0.15, 0.2) is 18.2 Å². The molecule has 1 aliphatic heterocycles. The second-order valence-corrected chi connectivity index (χ2v) is 4.45. The van der Waals surface area contributed by atoms with Crippen molar-refractivity contribution in [2.75, 3.05) is 26.8 Å². The Morgan fingerprint density at radius 3 is 2.72 bits per heavy atom. The van der Waals surface area contributed by atoms with Crippen molar-refractivity contribution in [3.8, 4) is 11.5 Å². The van der Waals surface area contributed by atoms with E-state index in [0.29, 0.717) is 6.61 Å². The minimum atomic E-state index is -0.524. The molecule has 0 saturated carbocycles. The van der Waals surface area contributed by atoms with E-state index < -0.39 is 6.10 Å². The van der Waals surface area contributed by atoms with Gasteiger partial charge in [0.2, 0.25) is 0 Å². The molecule has 4 nitrogen and oxygen atoms in total. The number of nitrogens with zero attached hydrogens (tertiary/aromatic N) is 1. The van der Waals surface area contributed by atoms with E-state index >= 15 is 0 Å². The molecule has 2 rings (SSSR count). The normalized spacial score (nSPS) is 22.5. The van der Waals surface area contributed by atoms with Gasteiger partial charge in [-0.3, -0.25) is 4.90 Å². The predicted octanol–water partition coefficient (Wildman–Crippen LogP) is 1.83. The second kappa shape index (κ2) is 5.59. The van der Waals surface area contributed by atoms with Gasteiger partial charge in [0, 0.05) is 5.56 Å². The first-order chi connectivity index (χ1) is 8.71. The summed E-state index contributed by atoms with van der Waals surface area (Å²) in [4.78, 5) is 2.22. The first-order valence-electron chi connectivity index (χ1n) is 6.44. The number of likely N-dealkylation sites (N-methyl/N-ethyl adjacent to an activating group) is 1. The molecule has 0 aliphatic carbocycles. The van der Waals surface area contributed by atoms with Crippen molar-refractivity contribution in [2.45, 2.75) is 26.0 Å². The van der Waals surface area contributed by atoms with Crippen molar-refractivity contribution >= 4 is 0 Å². The van der Waals surface area contributed by atoms with Gasteiger partial charge in [-0.25, -0.2) is 0 Å². The molecule has 1 heterocycles. The Bertz CT molecular complexity index is 404. The molecule has 100 valence electrons. The van der Waals surface area contributed by atoms with E-state index in [2.05, 4.69) is 18.7 Å². The van der Waals surface area contributed by atoms with E-state index in [1.165, 1.54) is 0 Å². The van der Waals surface area contributed by atoms with Crippen molar-refractivity contribution in [2.24, 2.45) is 0 Å². The van der Waals surface area contributed by atoms with Crippen LogP contribution in [0.4, 0.5) is 0 Å². The Labute approximate surface area is 108 Å². The third kappa shape index (κ3) is 2.31. The number of aliphatic hydroxyl groups excluding tert-OH is 1. The quantitative estimate of drug-likeness (QED) is 0.886. The molecule has 1 aliphatic rings. The van der Waals surface area contributed by atoms with Crippen LogP contribution in [0.1, 0.15) is 25.5 Å². The number of hydrogen-bond donors (Lipinski definition) is 1. The summed E-state index contributed by atoms with van der Waals surface area (Å²) in [5, 5.41) is 10.5. The number of rotatable bonds is 4. The van der Waals surface area contributed by atoms with Crippen LogP contribution in [0.25, 0.3) is 0 Å². The lowest BCUT2D eigenvalue weighted by atomic mass is 9.97. The first kappa shape index (κ1) is 13.2. The summed E-state index contributed by atoms with van der Waals surface area (Å²) in [7, 11) is 1.62. The van der Waals surface area contributed by atoms with Gasteiger partial charge in [-0.1, -0.05) is 13.8 Å². The maximum Gasteiger partial charge on any atom is 0.125 e. The highest BCUT2D eigenvalue weighted by atomic mass is 16.5. The molecule has 1 N–H and O–H groups in total. The number of ether oxygens (including phenoxy) is 2. The Kier molecular flexibility index (Phi) is 4.09. The molecule has 2 unspecified atom stereocenters. The minimum absolute atomic E-state index is 0.0135.